The highest BCUT2D eigenvalue weighted by Crippen LogP contribution is 2.12. The minimum absolute atomic E-state index is 0.0432. The molecule has 1 aromatic rings. The molecule has 0 atom stereocenters. The van der Waals surface area contributed by atoms with Gasteiger partial charge in [-0.1, -0.05) is 0 Å². The third kappa shape index (κ3) is 1.72. The summed E-state index contributed by atoms with van der Waals surface area (Å²) in [4.78, 5) is 0. The third-order valence-corrected chi connectivity index (χ3v) is 2.55. The van der Waals surface area contributed by atoms with Gasteiger partial charge in [-0.25, -0.2) is 8.42 Å². The summed E-state index contributed by atoms with van der Waals surface area (Å²) >= 11 is 0. The Morgan fingerprint density at radius 2 is 2.36 bits per heavy atom. The van der Waals surface area contributed by atoms with Crippen molar-refractivity contribution in [2.75, 3.05) is 0 Å². The topological polar surface area (TPSA) is 52.0 Å². The molecule has 0 spiro atoms. The van der Waals surface area contributed by atoms with Gasteiger partial charge in [0, 0.05) is 17.2 Å². The van der Waals surface area contributed by atoms with Crippen LogP contribution in [-0.2, 0) is 15.6 Å². The normalized spacial score (nSPS) is 11.8. The Hall–Kier alpha value is -0.550. The standard InChI is InChI=1S/C5H7ClN2O2S/c1-2-8-5(3-4-7-8)11(6,9)10/h3-4H,2H2,1H3. The molecule has 0 aliphatic rings. The quantitative estimate of drug-likeness (QED) is 0.656. The van der Waals surface area contributed by atoms with E-state index in [0.717, 1.165) is 0 Å². The molecule has 0 amide bonds. The average molecular weight is 195 g/mol. The maximum atomic E-state index is 10.8. The molecule has 0 fully saturated rings. The summed E-state index contributed by atoms with van der Waals surface area (Å²) in [6.45, 7) is 2.28. The van der Waals surface area contributed by atoms with Gasteiger partial charge in [-0.3, -0.25) is 4.68 Å². The summed E-state index contributed by atoms with van der Waals surface area (Å²) in [6.07, 6.45) is 1.40. The van der Waals surface area contributed by atoms with E-state index in [0.29, 0.717) is 6.54 Å². The Labute approximate surface area is 69.2 Å². The lowest BCUT2D eigenvalue weighted by Crippen LogP contribution is -2.04. The first-order valence-electron chi connectivity index (χ1n) is 3.02. The van der Waals surface area contributed by atoms with Crippen LogP contribution in [0.15, 0.2) is 17.3 Å². The molecule has 0 bridgehead atoms. The van der Waals surface area contributed by atoms with Crippen LogP contribution in [0.4, 0.5) is 0 Å². The number of hydrogen-bond donors (Lipinski definition) is 0. The van der Waals surface area contributed by atoms with E-state index in [1.807, 2.05) is 0 Å². The summed E-state index contributed by atoms with van der Waals surface area (Å²) in [5.74, 6) is 0. The molecule has 11 heavy (non-hydrogen) atoms. The van der Waals surface area contributed by atoms with Gasteiger partial charge < -0.3 is 0 Å². The van der Waals surface area contributed by atoms with Gasteiger partial charge in [0.05, 0.1) is 6.20 Å². The van der Waals surface area contributed by atoms with Crippen molar-refractivity contribution >= 4 is 19.7 Å². The van der Waals surface area contributed by atoms with Crippen LogP contribution in [0.5, 0.6) is 0 Å². The van der Waals surface area contributed by atoms with Crippen molar-refractivity contribution in [1.82, 2.24) is 9.78 Å². The molecule has 4 nitrogen and oxygen atoms in total. The van der Waals surface area contributed by atoms with Crippen molar-refractivity contribution in [2.45, 2.75) is 18.5 Å². The van der Waals surface area contributed by atoms with Crippen LogP contribution in [0.1, 0.15) is 6.92 Å². The molecule has 6 heteroatoms. The van der Waals surface area contributed by atoms with Crippen LogP contribution in [0, 0.1) is 0 Å². The molecule has 0 aliphatic heterocycles. The second-order valence-corrected chi connectivity index (χ2v) is 4.44. The zero-order chi connectivity index (χ0) is 8.48. The molecule has 0 N–H and O–H groups in total. The summed E-state index contributed by atoms with van der Waals surface area (Å²) in [6, 6.07) is 1.37. The maximum Gasteiger partial charge on any atom is 0.278 e. The van der Waals surface area contributed by atoms with Gasteiger partial charge in [0.2, 0.25) is 0 Å². The molecule has 1 rings (SSSR count). The number of hydrogen-bond acceptors (Lipinski definition) is 3. The lowest BCUT2D eigenvalue weighted by molar-refractivity contribution is 0.564. The number of nitrogens with zero attached hydrogens (tertiary/aromatic N) is 2. The van der Waals surface area contributed by atoms with Crippen molar-refractivity contribution < 1.29 is 8.42 Å². The number of halogens is 1. The van der Waals surface area contributed by atoms with Crippen molar-refractivity contribution in [3.63, 3.8) is 0 Å². The van der Waals surface area contributed by atoms with Crippen LogP contribution in [0.25, 0.3) is 0 Å². The zero-order valence-corrected chi connectivity index (χ0v) is 7.43. The second kappa shape index (κ2) is 2.83. The van der Waals surface area contributed by atoms with E-state index in [-0.39, 0.29) is 5.03 Å². The molecule has 0 unspecified atom stereocenters. The fourth-order valence-corrected chi connectivity index (χ4v) is 1.81. The summed E-state index contributed by atoms with van der Waals surface area (Å²) in [7, 11) is 1.47. The van der Waals surface area contributed by atoms with E-state index >= 15 is 0 Å². The maximum absolute atomic E-state index is 10.8. The number of aryl methyl sites for hydroxylation is 1. The SMILES string of the molecule is CCn1nccc1S(=O)(=O)Cl. The lowest BCUT2D eigenvalue weighted by atomic mass is 10.7. The molecule has 0 aliphatic carbocycles. The average Bonchev–Trinajstić information content (AvgIpc) is 2.31. The second-order valence-electron chi connectivity index (χ2n) is 1.92. The van der Waals surface area contributed by atoms with E-state index in [4.69, 9.17) is 10.7 Å². The Morgan fingerprint density at radius 3 is 2.73 bits per heavy atom. The first-order valence-corrected chi connectivity index (χ1v) is 5.33. The highest BCUT2D eigenvalue weighted by atomic mass is 35.7. The van der Waals surface area contributed by atoms with Gasteiger partial charge >= 0.3 is 0 Å². The largest absolute Gasteiger partial charge is 0.278 e. The highest BCUT2D eigenvalue weighted by Gasteiger charge is 2.14. The zero-order valence-electron chi connectivity index (χ0n) is 5.86. The van der Waals surface area contributed by atoms with Crippen molar-refractivity contribution in [3.05, 3.63) is 12.3 Å². The van der Waals surface area contributed by atoms with Crippen LogP contribution < -0.4 is 0 Å². The van der Waals surface area contributed by atoms with Crippen LogP contribution >= 0.6 is 10.7 Å². The molecular formula is C5H7ClN2O2S. The summed E-state index contributed by atoms with van der Waals surface area (Å²) in [5.41, 5.74) is 0. The summed E-state index contributed by atoms with van der Waals surface area (Å²) in [5, 5.41) is 3.80. The van der Waals surface area contributed by atoms with Crippen LogP contribution in [0.2, 0.25) is 0 Å². The molecule has 1 heterocycles. The first kappa shape index (κ1) is 8.55. The van der Waals surface area contributed by atoms with Crippen LogP contribution in [-0.4, -0.2) is 18.2 Å². The lowest BCUT2D eigenvalue weighted by Gasteiger charge is -1.98. The van der Waals surface area contributed by atoms with E-state index in [9.17, 15) is 8.42 Å². The molecule has 0 saturated carbocycles. The van der Waals surface area contributed by atoms with Gasteiger partial charge in [0.15, 0.2) is 5.03 Å². The van der Waals surface area contributed by atoms with Crippen molar-refractivity contribution in [3.8, 4) is 0 Å². The fourth-order valence-electron chi connectivity index (χ4n) is 0.765. The highest BCUT2D eigenvalue weighted by molar-refractivity contribution is 8.13. The van der Waals surface area contributed by atoms with E-state index in [1.54, 1.807) is 6.92 Å². The molecule has 0 saturated heterocycles. The van der Waals surface area contributed by atoms with Gasteiger partial charge in [0.25, 0.3) is 9.05 Å². The Kier molecular flexibility index (Phi) is 2.20. The van der Waals surface area contributed by atoms with Gasteiger partial charge in [-0.15, -0.1) is 0 Å². The van der Waals surface area contributed by atoms with Gasteiger partial charge in [-0.2, -0.15) is 5.10 Å². The van der Waals surface area contributed by atoms with Crippen LogP contribution in [0.3, 0.4) is 0 Å². The molecule has 0 aromatic carbocycles. The Bertz CT molecular complexity index is 343. The smallest absolute Gasteiger partial charge is 0.253 e. The Balaban J connectivity index is 3.24. The molecule has 1 aromatic heterocycles. The predicted molar refractivity (Wildman–Crippen MR) is 40.9 cm³/mol. The first-order chi connectivity index (χ1) is 5.05. The number of rotatable bonds is 2. The van der Waals surface area contributed by atoms with Crippen molar-refractivity contribution in [1.29, 1.82) is 0 Å². The van der Waals surface area contributed by atoms with Gasteiger partial charge in [-0.05, 0) is 13.0 Å². The Morgan fingerprint density at radius 1 is 1.73 bits per heavy atom. The molecule has 0 radical (unpaired) electrons. The predicted octanol–water partition coefficient (Wildman–Crippen LogP) is 0.831. The monoisotopic (exact) mass is 194 g/mol. The van der Waals surface area contributed by atoms with Crippen molar-refractivity contribution in [2.24, 2.45) is 0 Å². The third-order valence-electron chi connectivity index (χ3n) is 1.23. The minimum Gasteiger partial charge on any atom is -0.253 e. The van der Waals surface area contributed by atoms with Gasteiger partial charge in [0.1, 0.15) is 0 Å². The molecule has 62 valence electrons. The van der Waals surface area contributed by atoms with E-state index in [2.05, 4.69) is 5.10 Å². The van der Waals surface area contributed by atoms with E-state index < -0.39 is 9.05 Å². The molecular weight excluding hydrogens is 188 g/mol. The summed E-state index contributed by atoms with van der Waals surface area (Å²) < 4.78 is 22.9. The minimum atomic E-state index is -3.63. The number of aromatic nitrogens is 2. The fraction of sp³-hybridized carbons (Fsp3) is 0.400. The van der Waals surface area contributed by atoms with E-state index in [1.165, 1.54) is 16.9 Å².